The van der Waals surface area contributed by atoms with Crippen LogP contribution in [0.4, 0.5) is 10.1 Å². The maximum Gasteiger partial charge on any atom is 0.343 e. The number of ketones is 1. The Kier molecular flexibility index (Phi) is 5.73. The molecule has 0 fully saturated rings. The summed E-state index contributed by atoms with van der Waals surface area (Å²) in [6.45, 7) is 1.60. The maximum atomic E-state index is 13.8. The van der Waals surface area contributed by atoms with Gasteiger partial charge in [-0.2, -0.15) is 0 Å². The number of carbonyl (C=O) groups is 2. The minimum Gasteiger partial charge on any atom is -0.462 e. The van der Waals surface area contributed by atoms with Gasteiger partial charge in [0.2, 0.25) is 5.78 Å². The molecule has 0 N–H and O–H groups in total. The number of carbonyl (C=O) groups excluding carboxylic acids is 2. The highest BCUT2D eigenvalue weighted by Gasteiger charge is 2.26. The van der Waals surface area contributed by atoms with Gasteiger partial charge in [0.1, 0.15) is 11.4 Å². The summed E-state index contributed by atoms with van der Waals surface area (Å²) in [5.41, 5.74) is -1.42. The molecule has 0 radical (unpaired) electrons. The van der Waals surface area contributed by atoms with Crippen LogP contribution in [0.15, 0.2) is 30.0 Å². The highest BCUT2D eigenvalue weighted by atomic mass is 19.1. The van der Waals surface area contributed by atoms with Crippen molar-refractivity contribution < 1.29 is 23.6 Å². The van der Waals surface area contributed by atoms with Crippen molar-refractivity contribution in [1.29, 1.82) is 0 Å². The molecule has 1 aromatic carbocycles. The number of non-ortho nitro benzene ring substituents is 1. The van der Waals surface area contributed by atoms with Gasteiger partial charge in [0.25, 0.3) is 5.69 Å². The average molecular weight is 310 g/mol. The van der Waals surface area contributed by atoms with Crippen LogP contribution in [0.2, 0.25) is 0 Å². The Labute approximate surface area is 126 Å². The van der Waals surface area contributed by atoms with E-state index in [-0.39, 0.29) is 6.61 Å². The first kappa shape index (κ1) is 17.3. The number of rotatable bonds is 6. The SMILES string of the molecule is CCOC(=O)/C(=C/N(C)C)C(=O)c1cc([N+](=O)[O-])ccc1F. The predicted molar refractivity (Wildman–Crippen MR) is 75.8 cm³/mol. The Morgan fingerprint density at radius 3 is 2.55 bits per heavy atom. The molecule has 22 heavy (non-hydrogen) atoms. The Morgan fingerprint density at radius 1 is 1.41 bits per heavy atom. The van der Waals surface area contributed by atoms with E-state index in [1.165, 1.54) is 11.1 Å². The standard InChI is InChI=1S/C14H15FN2O5/c1-4-22-14(19)11(8-16(2)3)13(18)10-7-9(17(20)21)5-6-12(10)15/h5-8H,4H2,1-3H3/b11-8+. The van der Waals surface area contributed by atoms with Crippen molar-refractivity contribution in [3.63, 3.8) is 0 Å². The molecule has 0 amide bonds. The molecule has 0 aliphatic carbocycles. The molecule has 0 atom stereocenters. The molecule has 0 spiro atoms. The van der Waals surface area contributed by atoms with Crippen LogP contribution in [0.25, 0.3) is 0 Å². The largest absolute Gasteiger partial charge is 0.462 e. The summed E-state index contributed by atoms with van der Waals surface area (Å²) >= 11 is 0. The van der Waals surface area contributed by atoms with Gasteiger partial charge in [-0.15, -0.1) is 0 Å². The fraction of sp³-hybridized carbons (Fsp3) is 0.286. The third-order valence-electron chi connectivity index (χ3n) is 2.53. The second-order valence-corrected chi connectivity index (χ2v) is 4.48. The minimum atomic E-state index is -0.978. The van der Waals surface area contributed by atoms with E-state index < -0.39 is 39.3 Å². The Hall–Kier alpha value is -2.77. The molecule has 1 rings (SSSR count). The van der Waals surface area contributed by atoms with Crippen LogP contribution in [0, 0.1) is 15.9 Å². The van der Waals surface area contributed by atoms with Gasteiger partial charge in [-0.1, -0.05) is 0 Å². The van der Waals surface area contributed by atoms with E-state index >= 15 is 0 Å². The molecule has 0 aromatic heterocycles. The topological polar surface area (TPSA) is 89.8 Å². The summed E-state index contributed by atoms with van der Waals surface area (Å²) in [6.07, 6.45) is 1.18. The molecule has 7 nitrogen and oxygen atoms in total. The summed E-state index contributed by atoms with van der Waals surface area (Å²) in [5, 5.41) is 10.7. The van der Waals surface area contributed by atoms with Crippen molar-refractivity contribution in [2.45, 2.75) is 6.92 Å². The lowest BCUT2D eigenvalue weighted by Crippen LogP contribution is -2.20. The zero-order valence-electron chi connectivity index (χ0n) is 12.3. The van der Waals surface area contributed by atoms with Crippen molar-refractivity contribution in [3.8, 4) is 0 Å². The molecular weight excluding hydrogens is 295 g/mol. The molecule has 0 bridgehead atoms. The van der Waals surface area contributed by atoms with E-state index in [4.69, 9.17) is 4.74 Å². The lowest BCUT2D eigenvalue weighted by atomic mass is 10.0. The third kappa shape index (κ3) is 4.11. The van der Waals surface area contributed by atoms with Gasteiger partial charge in [0.05, 0.1) is 17.1 Å². The van der Waals surface area contributed by atoms with Crippen LogP contribution >= 0.6 is 0 Å². The van der Waals surface area contributed by atoms with Gasteiger partial charge in [-0.3, -0.25) is 14.9 Å². The van der Waals surface area contributed by atoms with Gasteiger partial charge >= 0.3 is 5.97 Å². The Morgan fingerprint density at radius 2 is 2.05 bits per heavy atom. The first-order valence-corrected chi connectivity index (χ1v) is 6.32. The number of benzene rings is 1. The summed E-state index contributed by atoms with van der Waals surface area (Å²) in [5.74, 6) is -2.86. The predicted octanol–water partition coefficient (Wildman–Crippen LogP) is 1.93. The molecule has 1 aromatic rings. The number of hydrogen-bond donors (Lipinski definition) is 0. The summed E-state index contributed by atoms with van der Waals surface area (Å²) in [6, 6.07) is 2.54. The van der Waals surface area contributed by atoms with Gasteiger partial charge < -0.3 is 9.64 Å². The Balaban J connectivity index is 3.33. The van der Waals surface area contributed by atoms with E-state index in [1.807, 2.05) is 0 Å². The Bertz CT molecular complexity index is 640. The van der Waals surface area contributed by atoms with Crippen LogP contribution in [0.5, 0.6) is 0 Å². The molecule has 0 saturated carbocycles. The first-order chi connectivity index (χ1) is 10.3. The number of Topliss-reactive ketones (excluding diaryl/α,β-unsaturated/α-hetero) is 1. The van der Waals surface area contributed by atoms with E-state index in [1.54, 1.807) is 21.0 Å². The zero-order chi connectivity index (χ0) is 16.9. The molecular formula is C14H15FN2O5. The lowest BCUT2D eigenvalue weighted by Gasteiger charge is -2.11. The van der Waals surface area contributed by atoms with E-state index in [0.717, 1.165) is 18.2 Å². The minimum absolute atomic E-state index is 0.0360. The lowest BCUT2D eigenvalue weighted by molar-refractivity contribution is -0.384. The van der Waals surface area contributed by atoms with Gasteiger partial charge in [0, 0.05) is 32.4 Å². The van der Waals surface area contributed by atoms with Gasteiger partial charge in [0.15, 0.2) is 0 Å². The molecule has 0 heterocycles. The summed E-state index contributed by atoms with van der Waals surface area (Å²) in [7, 11) is 3.13. The number of hydrogen-bond acceptors (Lipinski definition) is 6. The highest BCUT2D eigenvalue weighted by molar-refractivity contribution is 6.24. The van der Waals surface area contributed by atoms with Crippen LogP contribution in [-0.2, 0) is 9.53 Å². The molecule has 0 unspecified atom stereocenters. The van der Waals surface area contributed by atoms with Gasteiger partial charge in [-0.25, -0.2) is 9.18 Å². The first-order valence-electron chi connectivity index (χ1n) is 6.32. The fourth-order valence-electron chi connectivity index (χ4n) is 1.62. The van der Waals surface area contributed by atoms with E-state index in [0.29, 0.717) is 0 Å². The van der Waals surface area contributed by atoms with Crippen molar-refractivity contribution in [2.24, 2.45) is 0 Å². The smallest absolute Gasteiger partial charge is 0.343 e. The monoisotopic (exact) mass is 310 g/mol. The number of ether oxygens (including phenoxy) is 1. The number of esters is 1. The maximum absolute atomic E-state index is 13.8. The molecule has 0 aliphatic heterocycles. The summed E-state index contributed by atoms with van der Waals surface area (Å²) < 4.78 is 18.5. The summed E-state index contributed by atoms with van der Waals surface area (Å²) in [4.78, 5) is 35.6. The number of halogens is 1. The average Bonchev–Trinajstić information content (AvgIpc) is 2.44. The quantitative estimate of drug-likeness (QED) is 0.152. The second-order valence-electron chi connectivity index (χ2n) is 4.48. The second kappa shape index (κ2) is 7.30. The van der Waals surface area contributed by atoms with Crippen LogP contribution in [0.3, 0.4) is 0 Å². The van der Waals surface area contributed by atoms with E-state index in [9.17, 15) is 24.1 Å². The van der Waals surface area contributed by atoms with Crippen LogP contribution in [0.1, 0.15) is 17.3 Å². The fourth-order valence-corrected chi connectivity index (χ4v) is 1.62. The molecule has 8 heteroatoms. The molecule has 0 saturated heterocycles. The zero-order valence-corrected chi connectivity index (χ0v) is 12.3. The number of nitro benzene ring substituents is 1. The normalized spacial score (nSPS) is 11.0. The van der Waals surface area contributed by atoms with E-state index in [2.05, 4.69) is 0 Å². The van der Waals surface area contributed by atoms with Crippen molar-refractivity contribution in [3.05, 3.63) is 51.5 Å². The van der Waals surface area contributed by atoms with Crippen LogP contribution in [-0.4, -0.2) is 42.3 Å². The molecule has 118 valence electrons. The van der Waals surface area contributed by atoms with Crippen molar-refractivity contribution >= 4 is 17.4 Å². The molecule has 0 aliphatic rings. The number of nitrogens with zero attached hydrogens (tertiary/aromatic N) is 2. The van der Waals surface area contributed by atoms with Crippen molar-refractivity contribution in [2.75, 3.05) is 20.7 Å². The third-order valence-corrected chi connectivity index (χ3v) is 2.53. The van der Waals surface area contributed by atoms with Gasteiger partial charge in [-0.05, 0) is 13.0 Å². The van der Waals surface area contributed by atoms with Crippen LogP contribution < -0.4 is 0 Å². The highest BCUT2D eigenvalue weighted by Crippen LogP contribution is 2.20. The number of nitro groups is 1. The van der Waals surface area contributed by atoms with Crippen molar-refractivity contribution in [1.82, 2.24) is 4.90 Å².